The topological polar surface area (TPSA) is 38.7 Å². The van der Waals surface area contributed by atoms with Gasteiger partial charge in [-0.2, -0.15) is 0 Å². The Morgan fingerprint density at radius 3 is 2.87 bits per heavy atom. The van der Waals surface area contributed by atoms with Crippen LogP contribution in [0.25, 0.3) is 0 Å². The van der Waals surface area contributed by atoms with Crippen LogP contribution in [-0.4, -0.2) is 25.4 Å². The lowest BCUT2D eigenvalue weighted by Crippen LogP contribution is -2.26. The van der Waals surface area contributed by atoms with Crippen LogP contribution < -0.4 is 4.74 Å². The van der Waals surface area contributed by atoms with E-state index < -0.39 is 5.60 Å². The van der Waals surface area contributed by atoms with E-state index in [1.807, 2.05) is 25.1 Å². The van der Waals surface area contributed by atoms with Gasteiger partial charge in [-0.1, -0.05) is 12.1 Å². The van der Waals surface area contributed by atoms with Crippen molar-refractivity contribution in [2.24, 2.45) is 0 Å². The Bertz CT molecular complexity index is 354. The minimum atomic E-state index is -0.835. The molecule has 1 aromatic carbocycles. The molecular weight excluding hydrogens is 192 g/mol. The van der Waals surface area contributed by atoms with Gasteiger partial charge in [0, 0.05) is 13.0 Å². The number of ether oxygens (including phenoxy) is 2. The number of benzene rings is 1. The Hall–Kier alpha value is -1.06. The van der Waals surface area contributed by atoms with E-state index in [4.69, 9.17) is 9.47 Å². The van der Waals surface area contributed by atoms with Crippen molar-refractivity contribution in [2.75, 3.05) is 20.3 Å². The van der Waals surface area contributed by atoms with Gasteiger partial charge in [0.2, 0.25) is 0 Å². The van der Waals surface area contributed by atoms with Gasteiger partial charge in [-0.15, -0.1) is 0 Å². The second-order valence-corrected chi connectivity index (χ2v) is 3.97. The molecule has 3 heteroatoms. The number of rotatable bonds is 2. The molecular formula is C12H16O3. The number of hydrogen-bond donors (Lipinski definition) is 1. The largest absolute Gasteiger partial charge is 0.496 e. The molecule has 0 bridgehead atoms. The first-order chi connectivity index (χ1) is 7.17. The summed E-state index contributed by atoms with van der Waals surface area (Å²) in [5.74, 6) is 0.813. The van der Waals surface area contributed by atoms with Crippen LogP contribution in [0, 0.1) is 6.92 Å². The molecule has 1 N–H and O–H groups in total. The molecule has 82 valence electrons. The fourth-order valence-corrected chi connectivity index (χ4v) is 2.11. The molecule has 2 rings (SSSR count). The fraction of sp³-hybridized carbons (Fsp3) is 0.500. The monoisotopic (exact) mass is 208 g/mol. The molecule has 0 radical (unpaired) electrons. The molecule has 1 unspecified atom stereocenters. The summed E-state index contributed by atoms with van der Waals surface area (Å²) in [5.41, 5.74) is 1.07. The third-order valence-electron chi connectivity index (χ3n) is 3.01. The van der Waals surface area contributed by atoms with Crippen molar-refractivity contribution < 1.29 is 14.6 Å². The standard InChI is InChI=1S/C12H16O3/c1-9-10(4-3-5-11(9)14-2)12(13)6-7-15-8-12/h3-5,13H,6-8H2,1-2H3. The van der Waals surface area contributed by atoms with E-state index in [1.54, 1.807) is 7.11 Å². The molecule has 0 aliphatic carbocycles. The van der Waals surface area contributed by atoms with Crippen molar-refractivity contribution in [2.45, 2.75) is 18.9 Å². The minimum Gasteiger partial charge on any atom is -0.496 e. The van der Waals surface area contributed by atoms with Crippen molar-refractivity contribution in [1.29, 1.82) is 0 Å². The highest BCUT2D eigenvalue weighted by molar-refractivity contribution is 5.42. The van der Waals surface area contributed by atoms with Gasteiger partial charge in [-0.05, 0) is 24.1 Å². The predicted octanol–water partition coefficient (Wildman–Crippen LogP) is 1.61. The third-order valence-corrected chi connectivity index (χ3v) is 3.01. The van der Waals surface area contributed by atoms with Crippen LogP contribution in [0.3, 0.4) is 0 Å². The molecule has 0 aromatic heterocycles. The maximum absolute atomic E-state index is 10.4. The number of aliphatic hydroxyl groups is 1. The van der Waals surface area contributed by atoms with Crippen LogP contribution in [0.15, 0.2) is 18.2 Å². The van der Waals surface area contributed by atoms with Gasteiger partial charge in [0.1, 0.15) is 11.4 Å². The molecule has 0 spiro atoms. The van der Waals surface area contributed by atoms with Gasteiger partial charge in [-0.3, -0.25) is 0 Å². The second kappa shape index (κ2) is 3.83. The summed E-state index contributed by atoms with van der Waals surface area (Å²) in [6.45, 7) is 2.96. The van der Waals surface area contributed by atoms with Gasteiger partial charge < -0.3 is 14.6 Å². The maximum Gasteiger partial charge on any atom is 0.122 e. The average Bonchev–Trinajstić information content (AvgIpc) is 2.66. The molecule has 3 nitrogen and oxygen atoms in total. The number of methoxy groups -OCH3 is 1. The maximum atomic E-state index is 10.4. The van der Waals surface area contributed by atoms with E-state index in [0.717, 1.165) is 16.9 Å². The second-order valence-electron chi connectivity index (χ2n) is 3.97. The SMILES string of the molecule is COc1cccc(C2(O)CCOC2)c1C. The van der Waals surface area contributed by atoms with Crippen molar-refractivity contribution in [1.82, 2.24) is 0 Å². The van der Waals surface area contributed by atoms with Crippen LogP contribution in [0.5, 0.6) is 5.75 Å². The smallest absolute Gasteiger partial charge is 0.122 e. The lowest BCUT2D eigenvalue weighted by Gasteiger charge is -2.24. The Morgan fingerprint density at radius 1 is 1.47 bits per heavy atom. The van der Waals surface area contributed by atoms with Gasteiger partial charge in [0.15, 0.2) is 0 Å². The van der Waals surface area contributed by atoms with Gasteiger partial charge >= 0.3 is 0 Å². The molecule has 1 aromatic rings. The van der Waals surface area contributed by atoms with E-state index in [1.165, 1.54) is 0 Å². The summed E-state index contributed by atoms with van der Waals surface area (Å²) in [7, 11) is 1.64. The van der Waals surface area contributed by atoms with Crippen molar-refractivity contribution >= 4 is 0 Å². The summed E-state index contributed by atoms with van der Waals surface area (Å²) in [5, 5.41) is 10.4. The molecule has 1 fully saturated rings. The van der Waals surface area contributed by atoms with E-state index in [2.05, 4.69) is 0 Å². The van der Waals surface area contributed by atoms with Gasteiger partial charge in [0.05, 0.1) is 13.7 Å². The summed E-state index contributed by atoms with van der Waals surface area (Å²) in [4.78, 5) is 0. The molecule has 1 aliphatic rings. The third kappa shape index (κ3) is 1.73. The summed E-state index contributed by atoms with van der Waals surface area (Å²) < 4.78 is 10.5. The highest BCUT2D eigenvalue weighted by Gasteiger charge is 2.35. The number of hydrogen-bond acceptors (Lipinski definition) is 3. The zero-order valence-corrected chi connectivity index (χ0v) is 9.12. The zero-order valence-electron chi connectivity index (χ0n) is 9.12. The van der Waals surface area contributed by atoms with E-state index in [0.29, 0.717) is 19.6 Å². The highest BCUT2D eigenvalue weighted by atomic mass is 16.5. The first kappa shape index (κ1) is 10.5. The fourth-order valence-electron chi connectivity index (χ4n) is 2.11. The van der Waals surface area contributed by atoms with Crippen LogP contribution in [-0.2, 0) is 10.3 Å². The Labute approximate surface area is 89.6 Å². The highest BCUT2D eigenvalue weighted by Crippen LogP contribution is 2.35. The van der Waals surface area contributed by atoms with Gasteiger partial charge in [-0.25, -0.2) is 0 Å². The summed E-state index contributed by atoms with van der Waals surface area (Å²) in [6.07, 6.45) is 0.654. The molecule has 0 saturated carbocycles. The molecule has 1 atom stereocenters. The lowest BCUT2D eigenvalue weighted by molar-refractivity contribution is 0.0225. The van der Waals surface area contributed by atoms with Crippen LogP contribution >= 0.6 is 0 Å². The van der Waals surface area contributed by atoms with Crippen LogP contribution in [0.4, 0.5) is 0 Å². The van der Waals surface area contributed by atoms with Crippen LogP contribution in [0.2, 0.25) is 0 Å². The van der Waals surface area contributed by atoms with Crippen LogP contribution in [0.1, 0.15) is 17.5 Å². The van der Waals surface area contributed by atoms with E-state index >= 15 is 0 Å². The van der Waals surface area contributed by atoms with Crippen molar-refractivity contribution in [3.63, 3.8) is 0 Å². The molecule has 0 amide bonds. The Kier molecular flexibility index (Phi) is 2.67. The zero-order chi connectivity index (χ0) is 10.9. The first-order valence-electron chi connectivity index (χ1n) is 5.11. The van der Waals surface area contributed by atoms with E-state index in [9.17, 15) is 5.11 Å². The normalized spacial score (nSPS) is 25.5. The molecule has 1 aliphatic heterocycles. The predicted molar refractivity (Wildman–Crippen MR) is 57.1 cm³/mol. The van der Waals surface area contributed by atoms with E-state index in [-0.39, 0.29) is 0 Å². The molecule has 1 heterocycles. The average molecular weight is 208 g/mol. The summed E-state index contributed by atoms with van der Waals surface area (Å²) in [6, 6.07) is 5.74. The van der Waals surface area contributed by atoms with Crippen molar-refractivity contribution in [3.8, 4) is 5.75 Å². The van der Waals surface area contributed by atoms with Gasteiger partial charge in [0.25, 0.3) is 0 Å². The van der Waals surface area contributed by atoms with Crippen molar-refractivity contribution in [3.05, 3.63) is 29.3 Å². The minimum absolute atomic E-state index is 0.376. The summed E-state index contributed by atoms with van der Waals surface area (Å²) >= 11 is 0. The molecule has 15 heavy (non-hydrogen) atoms. The lowest BCUT2D eigenvalue weighted by atomic mass is 9.89. The molecule has 1 saturated heterocycles. The Morgan fingerprint density at radius 2 is 2.27 bits per heavy atom. The quantitative estimate of drug-likeness (QED) is 0.802. The Balaban J connectivity index is 2.43. The first-order valence-corrected chi connectivity index (χ1v) is 5.11.